The van der Waals surface area contributed by atoms with Crippen molar-refractivity contribution in [3.63, 3.8) is 0 Å². The topological polar surface area (TPSA) is 94.1 Å². The first-order chi connectivity index (χ1) is 14.0. The van der Waals surface area contributed by atoms with Crippen LogP contribution in [-0.2, 0) is 20.8 Å². The van der Waals surface area contributed by atoms with E-state index in [9.17, 15) is 14.7 Å². The predicted molar refractivity (Wildman–Crippen MR) is 115 cm³/mol. The Morgan fingerprint density at radius 3 is 2.47 bits per heavy atom. The molecular weight excluding hydrogens is 433 g/mol. The maximum Gasteiger partial charge on any atom is 0.343 e. The van der Waals surface area contributed by atoms with Crippen LogP contribution in [0.3, 0.4) is 0 Å². The number of hydrogen-bond acceptors (Lipinski definition) is 7. The van der Waals surface area contributed by atoms with Crippen LogP contribution in [0, 0.1) is 0 Å². The molecule has 2 rings (SSSR count). The van der Waals surface area contributed by atoms with Crippen LogP contribution in [0.2, 0.25) is 10.0 Å². The van der Waals surface area contributed by atoms with Gasteiger partial charge < -0.3 is 24.6 Å². The van der Waals surface area contributed by atoms with Crippen molar-refractivity contribution in [2.75, 3.05) is 19.0 Å². The van der Waals surface area contributed by atoms with E-state index in [1.165, 1.54) is 19.2 Å². The van der Waals surface area contributed by atoms with Crippen LogP contribution in [0.15, 0.2) is 30.3 Å². The van der Waals surface area contributed by atoms with E-state index in [1.54, 1.807) is 39.0 Å². The van der Waals surface area contributed by atoms with Crippen LogP contribution in [0.5, 0.6) is 11.5 Å². The van der Waals surface area contributed by atoms with Gasteiger partial charge in [0.05, 0.1) is 12.1 Å². The SMILES string of the molecule is COC(=O)COc1cc(NCc2cc(Cl)cc(Cl)c2O)ccc1C(=O)OC(C)(C)C. The number of benzene rings is 2. The third-order valence-electron chi connectivity index (χ3n) is 3.76. The van der Waals surface area contributed by atoms with Gasteiger partial charge in [0.2, 0.25) is 0 Å². The number of aromatic hydroxyl groups is 1. The fraction of sp³-hybridized carbons (Fsp3) is 0.333. The van der Waals surface area contributed by atoms with Gasteiger partial charge in [0.15, 0.2) is 6.61 Å². The molecule has 0 aliphatic heterocycles. The van der Waals surface area contributed by atoms with E-state index in [4.69, 9.17) is 32.7 Å². The maximum atomic E-state index is 12.5. The van der Waals surface area contributed by atoms with Gasteiger partial charge in [0.25, 0.3) is 0 Å². The van der Waals surface area contributed by atoms with Crippen LogP contribution >= 0.6 is 23.2 Å². The van der Waals surface area contributed by atoms with Gasteiger partial charge in [-0.15, -0.1) is 0 Å². The number of esters is 2. The summed E-state index contributed by atoms with van der Waals surface area (Å²) in [6.07, 6.45) is 0. The Balaban J connectivity index is 2.26. The molecule has 2 N–H and O–H groups in total. The minimum absolute atomic E-state index is 0.0823. The molecule has 0 unspecified atom stereocenters. The summed E-state index contributed by atoms with van der Waals surface area (Å²) < 4.78 is 15.4. The molecule has 0 amide bonds. The normalized spacial score (nSPS) is 11.0. The van der Waals surface area contributed by atoms with E-state index in [1.807, 2.05) is 0 Å². The number of phenolic OH excluding ortho intramolecular Hbond substituents is 1. The second kappa shape index (κ2) is 9.91. The summed E-state index contributed by atoms with van der Waals surface area (Å²) in [5.74, 6) is -1.12. The largest absolute Gasteiger partial charge is 0.506 e. The lowest BCUT2D eigenvalue weighted by Gasteiger charge is -2.21. The number of carbonyl (C=O) groups excluding carboxylic acids is 2. The molecule has 0 atom stereocenters. The average molecular weight is 456 g/mol. The Hall–Kier alpha value is -2.64. The number of hydrogen-bond donors (Lipinski definition) is 2. The van der Waals surface area contributed by atoms with Crippen molar-refractivity contribution in [2.24, 2.45) is 0 Å². The van der Waals surface area contributed by atoms with Crippen LogP contribution in [0.4, 0.5) is 5.69 Å². The van der Waals surface area contributed by atoms with Crippen molar-refractivity contribution in [3.8, 4) is 11.5 Å². The first-order valence-electron chi connectivity index (χ1n) is 8.98. The minimum Gasteiger partial charge on any atom is -0.506 e. The number of rotatable bonds is 7. The molecular formula is C21H23Cl2NO6. The molecule has 2 aromatic rings. The second-order valence-electron chi connectivity index (χ2n) is 7.33. The Kier molecular flexibility index (Phi) is 7.81. The van der Waals surface area contributed by atoms with Gasteiger partial charge >= 0.3 is 11.9 Å². The third kappa shape index (κ3) is 6.71. The monoisotopic (exact) mass is 455 g/mol. The van der Waals surface area contributed by atoms with E-state index in [0.717, 1.165) is 0 Å². The van der Waals surface area contributed by atoms with E-state index < -0.39 is 17.5 Å². The van der Waals surface area contributed by atoms with Crippen LogP contribution in [-0.4, -0.2) is 36.4 Å². The summed E-state index contributed by atoms with van der Waals surface area (Å²) in [7, 11) is 1.24. The van der Waals surface area contributed by atoms with Crippen molar-refractivity contribution in [1.82, 2.24) is 0 Å². The lowest BCUT2D eigenvalue weighted by Crippen LogP contribution is -2.24. The molecule has 9 heteroatoms. The molecule has 30 heavy (non-hydrogen) atoms. The Morgan fingerprint density at radius 2 is 1.83 bits per heavy atom. The summed E-state index contributed by atoms with van der Waals surface area (Å²) in [4.78, 5) is 24.0. The Morgan fingerprint density at radius 1 is 1.13 bits per heavy atom. The number of methoxy groups -OCH3 is 1. The molecule has 0 aliphatic rings. The van der Waals surface area contributed by atoms with Gasteiger partial charge in [0, 0.05) is 28.9 Å². The number of nitrogens with one attached hydrogen (secondary N) is 1. The van der Waals surface area contributed by atoms with E-state index in [2.05, 4.69) is 10.1 Å². The van der Waals surface area contributed by atoms with Crippen molar-refractivity contribution >= 4 is 40.8 Å². The summed E-state index contributed by atoms with van der Waals surface area (Å²) >= 11 is 11.9. The molecule has 0 spiro atoms. The van der Waals surface area contributed by atoms with E-state index in [-0.39, 0.29) is 35.2 Å². The fourth-order valence-electron chi connectivity index (χ4n) is 2.40. The molecule has 2 aromatic carbocycles. The molecule has 0 aromatic heterocycles. The number of halogens is 2. The zero-order valence-electron chi connectivity index (χ0n) is 17.0. The minimum atomic E-state index is -0.697. The first-order valence-corrected chi connectivity index (χ1v) is 9.73. The Bertz CT molecular complexity index is 940. The summed E-state index contributed by atoms with van der Waals surface area (Å²) in [6, 6.07) is 7.74. The van der Waals surface area contributed by atoms with Crippen LogP contribution in [0.25, 0.3) is 0 Å². The van der Waals surface area contributed by atoms with Gasteiger partial charge in [-0.05, 0) is 45.0 Å². The van der Waals surface area contributed by atoms with Gasteiger partial charge in [-0.1, -0.05) is 23.2 Å². The molecule has 0 saturated heterocycles. The lowest BCUT2D eigenvalue weighted by molar-refractivity contribution is -0.142. The molecule has 0 fully saturated rings. The molecule has 0 heterocycles. The molecule has 0 aliphatic carbocycles. The summed E-state index contributed by atoms with van der Waals surface area (Å²) in [5.41, 5.74) is 0.517. The van der Waals surface area contributed by atoms with Gasteiger partial charge in [-0.25, -0.2) is 9.59 Å². The predicted octanol–water partition coefficient (Wildman–Crippen LogP) is 4.82. The fourth-order valence-corrected chi connectivity index (χ4v) is 2.94. The van der Waals surface area contributed by atoms with Crippen molar-refractivity contribution in [1.29, 1.82) is 0 Å². The van der Waals surface area contributed by atoms with Crippen molar-refractivity contribution < 1.29 is 28.9 Å². The zero-order chi connectivity index (χ0) is 22.5. The average Bonchev–Trinajstić information content (AvgIpc) is 2.66. The van der Waals surface area contributed by atoms with Crippen LogP contribution < -0.4 is 10.1 Å². The standard InChI is InChI=1S/C21H23Cl2NO6/c1-21(2,3)30-20(27)15-6-5-14(9-17(15)29-11-18(25)28-4)24-10-12-7-13(22)8-16(23)19(12)26/h5-9,24,26H,10-11H2,1-4H3. The summed E-state index contributed by atoms with van der Waals surface area (Å²) in [5, 5.41) is 13.7. The number of anilines is 1. The molecule has 162 valence electrons. The van der Waals surface area contributed by atoms with Crippen molar-refractivity contribution in [3.05, 3.63) is 51.5 Å². The quantitative estimate of drug-likeness (QED) is 0.577. The molecule has 0 bridgehead atoms. The molecule has 7 nitrogen and oxygen atoms in total. The third-order valence-corrected chi connectivity index (χ3v) is 4.27. The molecule has 0 saturated carbocycles. The number of ether oxygens (including phenoxy) is 3. The highest BCUT2D eigenvalue weighted by Gasteiger charge is 2.22. The lowest BCUT2D eigenvalue weighted by atomic mass is 10.1. The summed E-state index contributed by atoms with van der Waals surface area (Å²) in [6.45, 7) is 5.07. The van der Waals surface area contributed by atoms with Crippen LogP contribution in [0.1, 0.15) is 36.7 Å². The Labute approximate surface area is 184 Å². The second-order valence-corrected chi connectivity index (χ2v) is 8.17. The van der Waals surface area contributed by atoms with Gasteiger partial charge in [-0.3, -0.25) is 0 Å². The highest BCUT2D eigenvalue weighted by atomic mass is 35.5. The maximum absolute atomic E-state index is 12.5. The zero-order valence-corrected chi connectivity index (χ0v) is 18.6. The first kappa shape index (κ1) is 23.6. The van der Waals surface area contributed by atoms with Gasteiger partial charge in [0.1, 0.15) is 22.7 Å². The number of phenols is 1. The van der Waals surface area contributed by atoms with Gasteiger partial charge in [-0.2, -0.15) is 0 Å². The van der Waals surface area contributed by atoms with E-state index in [0.29, 0.717) is 16.3 Å². The highest BCUT2D eigenvalue weighted by Crippen LogP contribution is 2.32. The van der Waals surface area contributed by atoms with Crippen molar-refractivity contribution in [2.45, 2.75) is 32.9 Å². The van der Waals surface area contributed by atoms with E-state index >= 15 is 0 Å². The highest BCUT2D eigenvalue weighted by molar-refractivity contribution is 6.35. The molecule has 0 radical (unpaired) electrons. The smallest absolute Gasteiger partial charge is 0.343 e. The number of carbonyl (C=O) groups is 2.